The molecule has 6 rings (SSSR count). The SMILES string of the molecule is Brc1cc(-c2cccnc2)cc(-c2nc(-c3ccc(-c4cccnc4)cc3)nc(-c3cccnc3)n2)c1. The van der Waals surface area contributed by atoms with Gasteiger partial charge in [-0.15, -0.1) is 0 Å². The molecule has 0 fully saturated rings. The van der Waals surface area contributed by atoms with E-state index < -0.39 is 0 Å². The Bertz CT molecular complexity index is 1660. The molecule has 7 heteroatoms. The summed E-state index contributed by atoms with van der Waals surface area (Å²) in [5, 5.41) is 0. The van der Waals surface area contributed by atoms with E-state index in [9.17, 15) is 0 Å². The van der Waals surface area contributed by atoms with E-state index in [2.05, 4.69) is 55.1 Å². The molecule has 6 nitrogen and oxygen atoms in total. The Balaban J connectivity index is 1.47. The van der Waals surface area contributed by atoms with Gasteiger partial charge in [-0.05, 0) is 59.2 Å². The fraction of sp³-hybridized carbons (Fsp3) is 0. The number of aromatic nitrogens is 6. The van der Waals surface area contributed by atoms with Crippen molar-refractivity contribution in [2.45, 2.75) is 0 Å². The van der Waals surface area contributed by atoms with E-state index >= 15 is 0 Å². The summed E-state index contributed by atoms with van der Waals surface area (Å²) in [4.78, 5) is 27.3. The van der Waals surface area contributed by atoms with Crippen molar-refractivity contribution in [1.82, 2.24) is 29.9 Å². The van der Waals surface area contributed by atoms with Crippen LogP contribution in [-0.2, 0) is 0 Å². The number of hydrogen-bond acceptors (Lipinski definition) is 6. The summed E-state index contributed by atoms with van der Waals surface area (Å²) in [7, 11) is 0. The average Bonchev–Trinajstić information content (AvgIpc) is 2.98. The van der Waals surface area contributed by atoms with Crippen LogP contribution < -0.4 is 0 Å². The quantitative estimate of drug-likeness (QED) is 0.230. The molecule has 176 valence electrons. The third kappa shape index (κ3) is 5.03. The highest BCUT2D eigenvalue weighted by atomic mass is 79.9. The molecule has 0 radical (unpaired) electrons. The highest BCUT2D eigenvalue weighted by molar-refractivity contribution is 9.10. The molecule has 4 aromatic heterocycles. The van der Waals surface area contributed by atoms with Gasteiger partial charge in [0.1, 0.15) is 0 Å². The Morgan fingerprint density at radius 1 is 0.405 bits per heavy atom. The Morgan fingerprint density at radius 2 is 0.865 bits per heavy atom. The van der Waals surface area contributed by atoms with Crippen molar-refractivity contribution in [3.63, 3.8) is 0 Å². The van der Waals surface area contributed by atoms with E-state index in [1.54, 1.807) is 24.8 Å². The number of halogens is 1. The first-order valence-electron chi connectivity index (χ1n) is 11.6. The average molecular weight is 543 g/mol. The van der Waals surface area contributed by atoms with Crippen LogP contribution in [0, 0.1) is 0 Å². The zero-order chi connectivity index (χ0) is 25.0. The first-order valence-corrected chi connectivity index (χ1v) is 12.4. The van der Waals surface area contributed by atoms with Crippen LogP contribution in [-0.4, -0.2) is 29.9 Å². The maximum Gasteiger partial charge on any atom is 0.165 e. The van der Waals surface area contributed by atoms with E-state index in [-0.39, 0.29) is 0 Å². The maximum absolute atomic E-state index is 4.89. The third-order valence-electron chi connectivity index (χ3n) is 5.84. The van der Waals surface area contributed by atoms with Crippen molar-refractivity contribution < 1.29 is 0 Å². The summed E-state index contributed by atoms with van der Waals surface area (Å²) < 4.78 is 0.926. The molecule has 37 heavy (non-hydrogen) atoms. The molecule has 0 saturated carbocycles. The van der Waals surface area contributed by atoms with E-state index in [0.29, 0.717) is 17.5 Å². The molecule has 0 saturated heterocycles. The monoisotopic (exact) mass is 542 g/mol. The molecule has 0 aliphatic heterocycles. The smallest absolute Gasteiger partial charge is 0.165 e. The van der Waals surface area contributed by atoms with Crippen molar-refractivity contribution in [2.24, 2.45) is 0 Å². The highest BCUT2D eigenvalue weighted by Crippen LogP contribution is 2.31. The van der Waals surface area contributed by atoms with Gasteiger partial charge in [0.15, 0.2) is 17.5 Å². The van der Waals surface area contributed by atoms with Gasteiger partial charge >= 0.3 is 0 Å². The number of hydrogen-bond donors (Lipinski definition) is 0. The van der Waals surface area contributed by atoms with Gasteiger partial charge in [0, 0.05) is 63.9 Å². The van der Waals surface area contributed by atoms with Crippen molar-refractivity contribution in [3.8, 4) is 56.4 Å². The van der Waals surface area contributed by atoms with Gasteiger partial charge in [-0.2, -0.15) is 0 Å². The van der Waals surface area contributed by atoms with Gasteiger partial charge in [-0.1, -0.05) is 52.3 Å². The van der Waals surface area contributed by atoms with Crippen LogP contribution in [0.3, 0.4) is 0 Å². The number of benzene rings is 2. The summed E-state index contributed by atoms with van der Waals surface area (Å²) in [5.41, 5.74) is 6.74. The molecule has 0 aliphatic carbocycles. The molecule has 0 unspecified atom stereocenters. The van der Waals surface area contributed by atoms with Crippen molar-refractivity contribution >= 4 is 15.9 Å². The topological polar surface area (TPSA) is 77.3 Å². The summed E-state index contributed by atoms with van der Waals surface area (Å²) in [6, 6.07) is 26.0. The zero-order valence-corrected chi connectivity index (χ0v) is 21.1. The molecular formula is C30H19BrN6. The van der Waals surface area contributed by atoms with Crippen LogP contribution in [0.1, 0.15) is 0 Å². The summed E-state index contributed by atoms with van der Waals surface area (Å²) in [6.45, 7) is 0. The number of rotatable bonds is 5. The van der Waals surface area contributed by atoms with Crippen LogP contribution >= 0.6 is 15.9 Å². The summed E-state index contributed by atoms with van der Waals surface area (Å²) >= 11 is 3.66. The highest BCUT2D eigenvalue weighted by Gasteiger charge is 2.14. The molecule has 2 aromatic carbocycles. The fourth-order valence-corrected chi connectivity index (χ4v) is 4.52. The van der Waals surface area contributed by atoms with Crippen LogP contribution in [0.25, 0.3) is 56.4 Å². The van der Waals surface area contributed by atoms with Crippen LogP contribution in [0.15, 0.2) is 121 Å². The predicted octanol–water partition coefficient (Wildman–Crippen LogP) is 7.15. The molecule has 0 N–H and O–H groups in total. The second-order valence-electron chi connectivity index (χ2n) is 8.34. The van der Waals surface area contributed by atoms with Crippen molar-refractivity contribution in [2.75, 3.05) is 0 Å². The second kappa shape index (κ2) is 10.2. The molecule has 0 atom stereocenters. The molecule has 6 aromatic rings. The summed E-state index contributed by atoms with van der Waals surface area (Å²) in [5.74, 6) is 1.73. The Hall–Kier alpha value is -4.62. The van der Waals surface area contributed by atoms with Gasteiger partial charge in [0.25, 0.3) is 0 Å². The van der Waals surface area contributed by atoms with E-state index in [1.165, 1.54) is 0 Å². The van der Waals surface area contributed by atoms with Gasteiger partial charge in [-0.25, -0.2) is 15.0 Å². The minimum Gasteiger partial charge on any atom is -0.264 e. The lowest BCUT2D eigenvalue weighted by molar-refractivity contribution is 1.07. The van der Waals surface area contributed by atoms with Crippen LogP contribution in [0.2, 0.25) is 0 Å². The Morgan fingerprint density at radius 3 is 1.43 bits per heavy atom. The fourth-order valence-electron chi connectivity index (χ4n) is 4.02. The molecule has 0 aliphatic rings. The van der Waals surface area contributed by atoms with E-state index in [1.807, 2.05) is 67.0 Å². The zero-order valence-electron chi connectivity index (χ0n) is 19.5. The largest absolute Gasteiger partial charge is 0.264 e. The lowest BCUT2D eigenvalue weighted by atomic mass is 10.0. The predicted molar refractivity (Wildman–Crippen MR) is 148 cm³/mol. The Labute approximate surface area is 222 Å². The lowest BCUT2D eigenvalue weighted by Gasteiger charge is -2.10. The van der Waals surface area contributed by atoms with Crippen molar-refractivity contribution in [3.05, 3.63) is 121 Å². The van der Waals surface area contributed by atoms with Gasteiger partial charge in [-0.3, -0.25) is 15.0 Å². The molecule has 4 heterocycles. The molecule has 0 spiro atoms. The molecule has 0 amide bonds. The normalized spacial score (nSPS) is 10.8. The maximum atomic E-state index is 4.89. The Kier molecular flexibility index (Phi) is 6.27. The van der Waals surface area contributed by atoms with E-state index in [0.717, 1.165) is 43.4 Å². The van der Waals surface area contributed by atoms with Crippen LogP contribution in [0.5, 0.6) is 0 Å². The number of pyridine rings is 3. The van der Waals surface area contributed by atoms with Gasteiger partial charge in [0.2, 0.25) is 0 Å². The number of nitrogens with zero attached hydrogens (tertiary/aromatic N) is 6. The standard InChI is InChI=1S/C30H19BrN6/c31-27-15-25(23-5-2-12-33-18-23)14-26(16-27)30-36-28(35-29(37-30)24-6-3-13-34-19-24)21-9-7-20(8-10-21)22-4-1-11-32-17-22/h1-19H. The minimum absolute atomic E-state index is 0.562. The second-order valence-corrected chi connectivity index (χ2v) is 9.25. The van der Waals surface area contributed by atoms with E-state index in [4.69, 9.17) is 15.0 Å². The third-order valence-corrected chi connectivity index (χ3v) is 6.30. The van der Waals surface area contributed by atoms with Crippen LogP contribution in [0.4, 0.5) is 0 Å². The minimum atomic E-state index is 0.562. The lowest BCUT2D eigenvalue weighted by Crippen LogP contribution is -2.00. The molecule has 0 bridgehead atoms. The summed E-state index contributed by atoms with van der Waals surface area (Å²) in [6.07, 6.45) is 10.7. The first-order chi connectivity index (χ1) is 18.2. The van der Waals surface area contributed by atoms with Gasteiger partial charge < -0.3 is 0 Å². The molecular weight excluding hydrogens is 524 g/mol. The van der Waals surface area contributed by atoms with Crippen molar-refractivity contribution in [1.29, 1.82) is 0 Å². The van der Waals surface area contributed by atoms with Gasteiger partial charge in [0.05, 0.1) is 0 Å². The first kappa shape index (κ1) is 22.8.